The first-order valence-corrected chi connectivity index (χ1v) is 7.23. The molecule has 0 N–H and O–H groups in total. The van der Waals surface area contributed by atoms with Crippen LogP contribution in [-0.2, 0) is 0 Å². The maximum Gasteiger partial charge on any atom is 0.133 e. The lowest BCUT2D eigenvalue weighted by Gasteiger charge is -2.09. The van der Waals surface area contributed by atoms with E-state index < -0.39 is 0 Å². The largest absolute Gasteiger partial charge is 0.497 e. The summed E-state index contributed by atoms with van der Waals surface area (Å²) in [7, 11) is 1.65. The monoisotopic (exact) mass is 336 g/mol. The van der Waals surface area contributed by atoms with E-state index in [1.54, 1.807) is 7.11 Å². The molecule has 0 bridgehead atoms. The molecular weight excluding hydrogens is 320 g/mol. The molecule has 2 aromatic rings. The molecule has 0 aliphatic carbocycles. The van der Waals surface area contributed by atoms with Crippen molar-refractivity contribution in [2.24, 2.45) is 0 Å². The van der Waals surface area contributed by atoms with Gasteiger partial charge in [-0.05, 0) is 52.3 Å². The molecule has 0 radical (unpaired) electrons. The predicted octanol–water partition coefficient (Wildman–Crippen LogP) is 4.31. The van der Waals surface area contributed by atoms with Gasteiger partial charge in [-0.25, -0.2) is 0 Å². The highest BCUT2D eigenvalue weighted by atomic mass is 79.9. The topological polar surface area (TPSA) is 27.7 Å². The van der Waals surface area contributed by atoms with Gasteiger partial charge >= 0.3 is 0 Å². The van der Waals surface area contributed by atoms with E-state index >= 15 is 0 Å². The van der Waals surface area contributed by atoms with Gasteiger partial charge in [0.05, 0.1) is 24.8 Å². The highest BCUT2D eigenvalue weighted by Gasteiger charge is 1.99. The summed E-state index contributed by atoms with van der Waals surface area (Å²) in [5.41, 5.74) is 0. The number of benzene rings is 2. The first-order chi connectivity index (χ1) is 9.79. The van der Waals surface area contributed by atoms with Crippen molar-refractivity contribution in [3.05, 3.63) is 53.0 Å². The second-order valence-corrected chi connectivity index (χ2v) is 5.01. The lowest BCUT2D eigenvalue weighted by molar-refractivity contribution is 0.246. The zero-order valence-electron chi connectivity index (χ0n) is 11.3. The van der Waals surface area contributed by atoms with Gasteiger partial charge < -0.3 is 14.2 Å². The van der Waals surface area contributed by atoms with Crippen molar-refractivity contribution in [1.29, 1.82) is 0 Å². The van der Waals surface area contributed by atoms with Crippen LogP contribution in [-0.4, -0.2) is 20.3 Å². The lowest BCUT2D eigenvalue weighted by Crippen LogP contribution is -2.05. The molecule has 20 heavy (non-hydrogen) atoms. The normalized spacial score (nSPS) is 10.1. The predicted molar refractivity (Wildman–Crippen MR) is 82.7 cm³/mol. The van der Waals surface area contributed by atoms with Gasteiger partial charge in [0.15, 0.2) is 0 Å². The third-order valence-corrected chi connectivity index (χ3v) is 3.37. The van der Waals surface area contributed by atoms with Crippen LogP contribution in [0.3, 0.4) is 0 Å². The Morgan fingerprint density at radius 3 is 2.20 bits per heavy atom. The van der Waals surface area contributed by atoms with Gasteiger partial charge in [-0.3, -0.25) is 0 Å². The molecule has 0 saturated carbocycles. The molecule has 0 aliphatic heterocycles. The lowest BCUT2D eigenvalue weighted by atomic mass is 10.3. The maximum atomic E-state index is 5.66. The van der Waals surface area contributed by atoms with Crippen LogP contribution in [0.25, 0.3) is 0 Å². The first-order valence-electron chi connectivity index (χ1n) is 6.44. The fraction of sp³-hybridized carbons (Fsp3) is 0.250. The Bertz CT molecular complexity index is 526. The zero-order valence-corrected chi connectivity index (χ0v) is 12.9. The van der Waals surface area contributed by atoms with Gasteiger partial charge in [0.25, 0.3) is 0 Å². The van der Waals surface area contributed by atoms with Crippen LogP contribution in [0.4, 0.5) is 0 Å². The summed E-state index contributed by atoms with van der Waals surface area (Å²) >= 11 is 3.45. The van der Waals surface area contributed by atoms with E-state index in [0.29, 0.717) is 13.2 Å². The minimum absolute atomic E-state index is 0.622. The Balaban J connectivity index is 1.67. The number of methoxy groups -OCH3 is 1. The maximum absolute atomic E-state index is 5.66. The highest BCUT2D eigenvalue weighted by molar-refractivity contribution is 9.10. The molecule has 0 heterocycles. The molecular formula is C16H17BrO3. The van der Waals surface area contributed by atoms with Gasteiger partial charge in [-0.2, -0.15) is 0 Å². The van der Waals surface area contributed by atoms with Crippen LogP contribution in [0.2, 0.25) is 0 Å². The van der Waals surface area contributed by atoms with E-state index in [2.05, 4.69) is 15.9 Å². The summed E-state index contributed by atoms with van der Waals surface area (Å²) in [6.07, 6.45) is 0.827. The van der Waals surface area contributed by atoms with E-state index in [9.17, 15) is 0 Å². The van der Waals surface area contributed by atoms with Crippen LogP contribution in [0.1, 0.15) is 6.42 Å². The van der Waals surface area contributed by atoms with Crippen LogP contribution < -0.4 is 14.2 Å². The van der Waals surface area contributed by atoms with E-state index in [-0.39, 0.29) is 0 Å². The molecule has 2 rings (SSSR count). The molecule has 0 aromatic heterocycles. The van der Waals surface area contributed by atoms with Crippen LogP contribution in [0.15, 0.2) is 53.0 Å². The molecule has 0 amide bonds. The Kier molecular flexibility index (Phi) is 5.74. The number of ether oxygens (including phenoxy) is 3. The minimum Gasteiger partial charge on any atom is -0.497 e. The Morgan fingerprint density at radius 2 is 1.50 bits per heavy atom. The second kappa shape index (κ2) is 7.80. The molecule has 0 unspecified atom stereocenters. The fourth-order valence-electron chi connectivity index (χ4n) is 1.66. The van der Waals surface area contributed by atoms with Crippen LogP contribution in [0, 0.1) is 0 Å². The molecule has 0 fully saturated rings. The third kappa shape index (κ3) is 4.46. The van der Waals surface area contributed by atoms with Crippen molar-refractivity contribution < 1.29 is 14.2 Å². The van der Waals surface area contributed by atoms with Crippen molar-refractivity contribution in [2.45, 2.75) is 6.42 Å². The van der Waals surface area contributed by atoms with Gasteiger partial charge in [0.1, 0.15) is 17.2 Å². The first kappa shape index (κ1) is 14.7. The van der Waals surface area contributed by atoms with Crippen molar-refractivity contribution in [3.63, 3.8) is 0 Å². The van der Waals surface area contributed by atoms with Crippen molar-refractivity contribution in [1.82, 2.24) is 0 Å². The van der Waals surface area contributed by atoms with E-state index in [0.717, 1.165) is 28.1 Å². The molecule has 0 atom stereocenters. The van der Waals surface area contributed by atoms with Gasteiger partial charge in [0, 0.05) is 6.42 Å². The second-order valence-electron chi connectivity index (χ2n) is 4.16. The van der Waals surface area contributed by atoms with Crippen molar-refractivity contribution in [3.8, 4) is 17.2 Å². The van der Waals surface area contributed by atoms with Crippen LogP contribution >= 0.6 is 15.9 Å². The fourth-order valence-corrected chi connectivity index (χ4v) is 2.06. The molecule has 106 valence electrons. The zero-order chi connectivity index (χ0) is 14.2. The van der Waals surface area contributed by atoms with E-state index in [1.807, 2.05) is 48.5 Å². The molecule has 2 aromatic carbocycles. The van der Waals surface area contributed by atoms with Crippen molar-refractivity contribution >= 4 is 15.9 Å². The molecule has 4 heteroatoms. The number of halogens is 1. The highest BCUT2D eigenvalue weighted by Crippen LogP contribution is 2.23. The average molecular weight is 337 g/mol. The summed E-state index contributed by atoms with van der Waals surface area (Å²) in [6, 6.07) is 15.4. The summed E-state index contributed by atoms with van der Waals surface area (Å²) in [6.45, 7) is 1.25. The number of hydrogen-bond donors (Lipinski definition) is 0. The Hall–Kier alpha value is -1.68. The Labute approximate surface area is 127 Å². The summed E-state index contributed by atoms with van der Waals surface area (Å²) in [4.78, 5) is 0. The number of para-hydroxylation sites is 1. The Morgan fingerprint density at radius 1 is 0.850 bits per heavy atom. The summed E-state index contributed by atoms with van der Waals surface area (Å²) in [5.74, 6) is 2.53. The third-order valence-electron chi connectivity index (χ3n) is 2.71. The molecule has 0 aliphatic rings. The quantitative estimate of drug-likeness (QED) is 0.705. The van der Waals surface area contributed by atoms with Crippen molar-refractivity contribution in [2.75, 3.05) is 20.3 Å². The van der Waals surface area contributed by atoms with Gasteiger partial charge in [-0.1, -0.05) is 12.1 Å². The van der Waals surface area contributed by atoms with Gasteiger partial charge in [-0.15, -0.1) is 0 Å². The van der Waals surface area contributed by atoms with E-state index in [1.165, 1.54) is 0 Å². The molecule has 0 spiro atoms. The number of hydrogen-bond acceptors (Lipinski definition) is 3. The molecule has 3 nitrogen and oxygen atoms in total. The average Bonchev–Trinajstić information content (AvgIpc) is 2.49. The van der Waals surface area contributed by atoms with Crippen LogP contribution in [0.5, 0.6) is 17.2 Å². The standard InChI is InChI=1S/C16H17BrO3/c1-18-13-7-9-14(10-8-13)19-11-4-12-20-16-6-3-2-5-15(16)17/h2-3,5-10H,4,11-12H2,1H3. The molecule has 0 saturated heterocycles. The minimum atomic E-state index is 0.622. The smallest absolute Gasteiger partial charge is 0.133 e. The van der Waals surface area contributed by atoms with E-state index in [4.69, 9.17) is 14.2 Å². The SMILES string of the molecule is COc1ccc(OCCCOc2ccccc2Br)cc1. The van der Waals surface area contributed by atoms with Gasteiger partial charge in [0.2, 0.25) is 0 Å². The summed E-state index contributed by atoms with van der Waals surface area (Å²) < 4.78 is 17.4. The number of rotatable bonds is 7. The summed E-state index contributed by atoms with van der Waals surface area (Å²) in [5, 5.41) is 0.